The number of nitrogens with zero attached hydrogens (tertiary/aromatic N) is 1. The Hall–Kier alpha value is -0.0400. The standard InChI is InChI=1S/C16H35N/c1-4-5-6-7-8-9-10-11-12-13-14-15-16-17(2)3/h4-16H2,1-3H3/i2D3,3D3. The topological polar surface area (TPSA) is 3.24 Å². The van der Waals surface area contributed by atoms with E-state index in [2.05, 4.69) is 6.92 Å². The lowest BCUT2D eigenvalue weighted by molar-refractivity contribution is 0.389. The molecule has 17 heavy (non-hydrogen) atoms. The average Bonchev–Trinajstić information content (AvgIpc) is 2.41. The fraction of sp³-hybridized carbons (Fsp3) is 1.00. The molecule has 0 saturated heterocycles. The van der Waals surface area contributed by atoms with Crippen LogP contribution in [0.5, 0.6) is 0 Å². The Morgan fingerprint density at radius 3 is 1.47 bits per heavy atom. The van der Waals surface area contributed by atoms with Crippen LogP contribution in [0.15, 0.2) is 0 Å². The van der Waals surface area contributed by atoms with Crippen molar-refractivity contribution in [1.82, 2.24) is 4.90 Å². The van der Waals surface area contributed by atoms with E-state index in [1.165, 1.54) is 51.4 Å². The molecule has 0 N–H and O–H groups in total. The van der Waals surface area contributed by atoms with E-state index in [-0.39, 0.29) is 6.54 Å². The van der Waals surface area contributed by atoms with Gasteiger partial charge in [0.1, 0.15) is 0 Å². The number of unbranched alkanes of at least 4 members (excludes halogenated alkanes) is 11. The monoisotopic (exact) mass is 247 g/mol. The fourth-order valence-electron chi connectivity index (χ4n) is 2.11. The maximum absolute atomic E-state index is 7.30. The predicted octanol–water partition coefficient (Wildman–Crippen LogP) is 5.25. The number of rotatable bonds is 13. The van der Waals surface area contributed by atoms with Crippen LogP contribution in [0.4, 0.5) is 0 Å². The molecule has 0 aliphatic carbocycles. The molecule has 0 fully saturated rings. The summed E-state index contributed by atoms with van der Waals surface area (Å²) >= 11 is 0. The van der Waals surface area contributed by atoms with Crippen molar-refractivity contribution in [2.24, 2.45) is 0 Å². The molecule has 0 atom stereocenters. The first-order valence-electron chi connectivity index (χ1n) is 10.5. The highest BCUT2D eigenvalue weighted by Gasteiger charge is 1.94. The summed E-state index contributed by atoms with van der Waals surface area (Å²) in [6, 6.07) is 0. The average molecular weight is 247 g/mol. The summed E-state index contributed by atoms with van der Waals surface area (Å²) in [6.45, 7) is -2.73. The molecule has 0 bridgehead atoms. The van der Waals surface area contributed by atoms with E-state index in [1.54, 1.807) is 0 Å². The minimum absolute atomic E-state index is 0.116. The van der Waals surface area contributed by atoms with Gasteiger partial charge < -0.3 is 4.90 Å². The third kappa shape index (κ3) is 16.0. The van der Waals surface area contributed by atoms with Gasteiger partial charge in [-0.15, -0.1) is 0 Å². The molecule has 0 amide bonds. The highest BCUT2D eigenvalue weighted by molar-refractivity contribution is 4.49. The molecule has 0 aliphatic rings. The number of hydrogen-bond donors (Lipinski definition) is 0. The van der Waals surface area contributed by atoms with E-state index >= 15 is 0 Å². The highest BCUT2D eigenvalue weighted by atomic mass is 15.0. The molecule has 0 aromatic carbocycles. The Labute approximate surface area is 118 Å². The largest absolute Gasteiger partial charge is 0.309 e. The van der Waals surface area contributed by atoms with E-state index < -0.39 is 14.0 Å². The molecule has 0 spiro atoms. The smallest absolute Gasteiger partial charge is 0.0394 e. The maximum atomic E-state index is 7.30. The lowest BCUT2D eigenvalue weighted by atomic mass is 10.1. The van der Waals surface area contributed by atoms with Crippen LogP contribution in [0.3, 0.4) is 0 Å². The molecule has 1 heteroatoms. The van der Waals surface area contributed by atoms with Crippen LogP contribution in [-0.2, 0) is 0 Å². The van der Waals surface area contributed by atoms with Crippen LogP contribution in [0.25, 0.3) is 0 Å². The second-order valence-corrected chi connectivity index (χ2v) is 5.04. The third-order valence-corrected chi connectivity index (χ3v) is 3.24. The summed E-state index contributed by atoms with van der Waals surface area (Å²) in [6.07, 6.45) is 14.3. The van der Waals surface area contributed by atoms with Crippen molar-refractivity contribution in [1.29, 1.82) is 0 Å². The van der Waals surface area contributed by atoms with Gasteiger partial charge in [0.15, 0.2) is 0 Å². The first-order valence-corrected chi connectivity index (χ1v) is 7.47. The SMILES string of the molecule is [2H]C([2H])([2H])N(CCCCCCCCCCCCCC)C([2H])([2H])[2H]. The van der Waals surface area contributed by atoms with Crippen molar-refractivity contribution in [2.75, 3.05) is 20.5 Å². The summed E-state index contributed by atoms with van der Waals surface area (Å²) < 4.78 is 43.8. The normalized spacial score (nSPS) is 18.0. The zero-order valence-corrected chi connectivity index (χ0v) is 11.6. The minimum atomic E-state index is -2.54. The Kier molecular flexibility index (Phi) is 7.39. The fourth-order valence-corrected chi connectivity index (χ4v) is 2.11. The lowest BCUT2D eigenvalue weighted by Gasteiger charge is -2.08. The van der Waals surface area contributed by atoms with Crippen molar-refractivity contribution in [3.05, 3.63) is 0 Å². The van der Waals surface area contributed by atoms with Gasteiger partial charge in [0, 0.05) is 8.22 Å². The van der Waals surface area contributed by atoms with Crippen molar-refractivity contribution in [3.8, 4) is 0 Å². The van der Waals surface area contributed by atoms with Crippen molar-refractivity contribution in [3.63, 3.8) is 0 Å². The van der Waals surface area contributed by atoms with Crippen LogP contribution in [0.1, 0.15) is 92.2 Å². The van der Waals surface area contributed by atoms with Crippen LogP contribution in [0.2, 0.25) is 0 Å². The molecule has 0 heterocycles. The first kappa shape index (κ1) is 8.96. The van der Waals surface area contributed by atoms with Crippen LogP contribution in [-0.4, -0.2) is 25.4 Å². The summed E-state index contributed by atoms with van der Waals surface area (Å²) in [4.78, 5) is 0.663. The van der Waals surface area contributed by atoms with E-state index in [1.807, 2.05) is 0 Å². The number of hydrogen-bond acceptors (Lipinski definition) is 1. The van der Waals surface area contributed by atoms with E-state index in [4.69, 9.17) is 8.22 Å². The zero-order chi connectivity index (χ0) is 17.8. The minimum Gasteiger partial charge on any atom is -0.309 e. The quantitative estimate of drug-likeness (QED) is 0.402. The Balaban J connectivity index is 3.54. The highest BCUT2D eigenvalue weighted by Crippen LogP contribution is 2.11. The maximum Gasteiger partial charge on any atom is 0.0394 e. The van der Waals surface area contributed by atoms with Crippen molar-refractivity contribution < 1.29 is 8.22 Å². The summed E-state index contributed by atoms with van der Waals surface area (Å²) in [5.74, 6) is 0. The van der Waals surface area contributed by atoms with E-state index in [9.17, 15) is 0 Å². The Bertz CT molecular complexity index is 261. The molecule has 0 saturated carbocycles. The van der Waals surface area contributed by atoms with Gasteiger partial charge in [0.2, 0.25) is 0 Å². The van der Waals surface area contributed by atoms with Crippen molar-refractivity contribution in [2.45, 2.75) is 84.0 Å². The van der Waals surface area contributed by atoms with Gasteiger partial charge in [-0.2, -0.15) is 0 Å². The van der Waals surface area contributed by atoms with Gasteiger partial charge >= 0.3 is 0 Å². The van der Waals surface area contributed by atoms with Crippen LogP contribution >= 0.6 is 0 Å². The molecule has 0 aromatic rings. The van der Waals surface area contributed by atoms with Gasteiger partial charge in [-0.25, -0.2) is 0 Å². The molecular formula is C16H35N. The van der Waals surface area contributed by atoms with Crippen molar-refractivity contribution >= 4 is 0 Å². The molecule has 0 unspecified atom stereocenters. The Morgan fingerprint density at radius 1 is 0.647 bits per heavy atom. The molecule has 104 valence electrons. The second-order valence-electron chi connectivity index (χ2n) is 5.04. The third-order valence-electron chi connectivity index (χ3n) is 3.24. The first-order chi connectivity index (χ1) is 10.7. The summed E-state index contributed by atoms with van der Waals surface area (Å²) in [5, 5.41) is 0. The van der Waals surface area contributed by atoms with Gasteiger partial charge in [0.25, 0.3) is 0 Å². The van der Waals surface area contributed by atoms with Crippen LogP contribution in [0, 0.1) is 0 Å². The van der Waals surface area contributed by atoms with Gasteiger partial charge in [-0.1, -0.05) is 77.6 Å². The summed E-state index contributed by atoms with van der Waals surface area (Å²) in [5.41, 5.74) is 0. The lowest BCUT2D eigenvalue weighted by Crippen LogP contribution is -2.12. The van der Waals surface area contributed by atoms with Gasteiger partial charge in [-0.05, 0) is 26.9 Å². The molecule has 0 aromatic heterocycles. The molecular weight excluding hydrogens is 206 g/mol. The summed E-state index contributed by atoms with van der Waals surface area (Å²) in [7, 11) is 0. The second kappa shape index (κ2) is 14.0. The van der Waals surface area contributed by atoms with E-state index in [0.717, 1.165) is 19.3 Å². The molecule has 0 aliphatic heterocycles. The Morgan fingerprint density at radius 2 is 1.06 bits per heavy atom. The van der Waals surface area contributed by atoms with Gasteiger partial charge in [0.05, 0.1) is 0 Å². The predicted molar refractivity (Wildman–Crippen MR) is 79.6 cm³/mol. The molecule has 0 rings (SSSR count). The zero-order valence-electron chi connectivity index (χ0n) is 17.6. The van der Waals surface area contributed by atoms with Gasteiger partial charge in [-0.3, -0.25) is 0 Å². The van der Waals surface area contributed by atoms with E-state index in [0.29, 0.717) is 11.3 Å². The molecule has 1 nitrogen and oxygen atoms in total. The van der Waals surface area contributed by atoms with Crippen LogP contribution < -0.4 is 0 Å². The molecule has 0 radical (unpaired) electrons.